The van der Waals surface area contributed by atoms with Gasteiger partial charge >= 0.3 is 0 Å². The minimum atomic E-state index is 0.442. The zero-order valence-corrected chi connectivity index (χ0v) is 10.2. The molecule has 4 heteroatoms. The van der Waals surface area contributed by atoms with Crippen molar-refractivity contribution in [1.29, 1.82) is 5.26 Å². The molecule has 4 nitrogen and oxygen atoms in total. The van der Waals surface area contributed by atoms with Crippen molar-refractivity contribution >= 4 is 0 Å². The molecule has 0 saturated heterocycles. The Morgan fingerprint density at radius 3 is 2.61 bits per heavy atom. The summed E-state index contributed by atoms with van der Waals surface area (Å²) >= 11 is 0. The predicted molar refractivity (Wildman–Crippen MR) is 67.5 cm³/mol. The Bertz CT molecular complexity index is 603. The highest BCUT2D eigenvalue weighted by molar-refractivity contribution is 5.66. The fraction of sp³-hybridized carbons (Fsp3) is 0.143. The summed E-state index contributed by atoms with van der Waals surface area (Å²) < 4.78 is 10.3. The molecule has 0 atom stereocenters. The molecule has 0 aliphatic rings. The zero-order chi connectivity index (χ0) is 13.0. The van der Waals surface area contributed by atoms with Crippen LogP contribution in [0, 0.1) is 11.3 Å². The lowest BCUT2D eigenvalue weighted by atomic mass is 10.1. The van der Waals surface area contributed by atoms with Crippen molar-refractivity contribution in [1.82, 2.24) is 4.98 Å². The van der Waals surface area contributed by atoms with Gasteiger partial charge in [-0.25, -0.2) is 4.98 Å². The lowest BCUT2D eigenvalue weighted by Gasteiger charge is -2.08. The van der Waals surface area contributed by atoms with Crippen LogP contribution in [0.25, 0.3) is 11.1 Å². The van der Waals surface area contributed by atoms with Gasteiger partial charge in [-0.2, -0.15) is 5.26 Å². The van der Waals surface area contributed by atoms with Crippen LogP contribution in [0.3, 0.4) is 0 Å². The van der Waals surface area contributed by atoms with Gasteiger partial charge in [0.05, 0.1) is 25.9 Å². The lowest BCUT2D eigenvalue weighted by molar-refractivity contribution is 0.343. The standard InChI is InChI=1S/C14H12N2O2/c1-17-13-7-12(9-16-14(13)18-2)11-5-3-4-10(6-11)8-15/h3-7,9H,1-2H3. The number of rotatable bonds is 3. The smallest absolute Gasteiger partial charge is 0.256 e. The number of nitriles is 1. The Morgan fingerprint density at radius 1 is 1.11 bits per heavy atom. The van der Waals surface area contributed by atoms with E-state index in [9.17, 15) is 0 Å². The monoisotopic (exact) mass is 240 g/mol. The molecule has 0 radical (unpaired) electrons. The van der Waals surface area contributed by atoms with Crippen LogP contribution in [0.1, 0.15) is 5.56 Å². The highest BCUT2D eigenvalue weighted by atomic mass is 16.5. The molecule has 18 heavy (non-hydrogen) atoms. The molecule has 1 aromatic carbocycles. The van der Waals surface area contributed by atoms with Crippen LogP contribution in [0.2, 0.25) is 0 Å². The van der Waals surface area contributed by atoms with Crippen molar-refractivity contribution in [2.45, 2.75) is 0 Å². The Hall–Kier alpha value is -2.54. The summed E-state index contributed by atoms with van der Waals surface area (Å²) in [5, 5.41) is 8.88. The van der Waals surface area contributed by atoms with Crippen LogP contribution in [-0.4, -0.2) is 19.2 Å². The van der Waals surface area contributed by atoms with E-state index in [2.05, 4.69) is 11.1 Å². The van der Waals surface area contributed by atoms with Crippen LogP contribution in [0.4, 0.5) is 0 Å². The highest BCUT2D eigenvalue weighted by Gasteiger charge is 2.07. The topological polar surface area (TPSA) is 55.1 Å². The van der Waals surface area contributed by atoms with E-state index in [4.69, 9.17) is 14.7 Å². The largest absolute Gasteiger partial charge is 0.491 e. The third-order valence-electron chi connectivity index (χ3n) is 2.56. The fourth-order valence-electron chi connectivity index (χ4n) is 1.66. The van der Waals surface area contributed by atoms with Gasteiger partial charge < -0.3 is 9.47 Å². The van der Waals surface area contributed by atoms with Crippen molar-refractivity contribution in [2.75, 3.05) is 14.2 Å². The first-order chi connectivity index (χ1) is 8.78. The molecule has 2 aromatic rings. The fourth-order valence-corrected chi connectivity index (χ4v) is 1.66. The van der Waals surface area contributed by atoms with Crippen molar-refractivity contribution in [2.24, 2.45) is 0 Å². The van der Waals surface area contributed by atoms with Gasteiger partial charge in [-0.3, -0.25) is 0 Å². The van der Waals surface area contributed by atoms with Gasteiger partial charge in [0.2, 0.25) is 0 Å². The van der Waals surface area contributed by atoms with Gasteiger partial charge in [0.1, 0.15) is 0 Å². The molecule has 0 saturated carbocycles. The van der Waals surface area contributed by atoms with Crippen molar-refractivity contribution in [3.8, 4) is 28.8 Å². The minimum Gasteiger partial charge on any atom is -0.491 e. The predicted octanol–water partition coefficient (Wildman–Crippen LogP) is 2.64. The van der Waals surface area contributed by atoms with Crippen LogP contribution in [0.15, 0.2) is 36.5 Å². The first kappa shape index (κ1) is 11.9. The second kappa shape index (κ2) is 5.19. The first-order valence-electron chi connectivity index (χ1n) is 5.37. The molecule has 0 aliphatic heterocycles. The SMILES string of the molecule is COc1cc(-c2cccc(C#N)c2)cnc1OC. The number of pyridine rings is 1. The normalized spacial score (nSPS) is 9.61. The summed E-state index contributed by atoms with van der Waals surface area (Å²) in [7, 11) is 3.11. The Labute approximate surface area is 105 Å². The van der Waals surface area contributed by atoms with Gasteiger partial charge in [-0.05, 0) is 23.8 Å². The van der Waals surface area contributed by atoms with Crippen LogP contribution in [0.5, 0.6) is 11.6 Å². The molecule has 1 heterocycles. The molecular weight excluding hydrogens is 228 g/mol. The highest BCUT2D eigenvalue weighted by Crippen LogP contribution is 2.29. The minimum absolute atomic E-state index is 0.442. The van der Waals surface area contributed by atoms with E-state index in [1.807, 2.05) is 24.3 Å². The number of methoxy groups -OCH3 is 2. The third-order valence-corrected chi connectivity index (χ3v) is 2.56. The van der Waals surface area contributed by atoms with Gasteiger partial charge in [-0.1, -0.05) is 12.1 Å². The third kappa shape index (κ3) is 2.25. The molecule has 0 N–H and O–H groups in total. The molecule has 0 fully saturated rings. The summed E-state index contributed by atoms with van der Waals surface area (Å²) in [5.74, 6) is 1.01. The van der Waals surface area contributed by atoms with Crippen molar-refractivity contribution in [3.63, 3.8) is 0 Å². The maximum atomic E-state index is 8.88. The van der Waals surface area contributed by atoms with Gasteiger partial charge in [0, 0.05) is 11.8 Å². The van der Waals surface area contributed by atoms with Crippen LogP contribution >= 0.6 is 0 Å². The summed E-state index contributed by atoms with van der Waals surface area (Å²) in [5.41, 5.74) is 2.41. The Kier molecular flexibility index (Phi) is 3.44. The Balaban J connectivity index is 2.48. The summed E-state index contributed by atoms with van der Waals surface area (Å²) in [6.07, 6.45) is 1.69. The van der Waals surface area contributed by atoms with E-state index >= 15 is 0 Å². The number of nitrogens with zero attached hydrogens (tertiary/aromatic N) is 2. The van der Waals surface area contributed by atoms with Crippen LogP contribution in [-0.2, 0) is 0 Å². The molecule has 0 bridgehead atoms. The molecule has 0 aliphatic carbocycles. The zero-order valence-electron chi connectivity index (χ0n) is 10.2. The van der Waals surface area contributed by atoms with Gasteiger partial charge in [-0.15, -0.1) is 0 Å². The summed E-state index contributed by atoms with van der Waals surface area (Å²) in [6.45, 7) is 0. The summed E-state index contributed by atoms with van der Waals surface area (Å²) in [4.78, 5) is 4.17. The molecule has 2 rings (SSSR count). The molecule has 90 valence electrons. The number of hydrogen-bond acceptors (Lipinski definition) is 4. The van der Waals surface area contributed by atoms with Gasteiger partial charge in [0.25, 0.3) is 5.88 Å². The van der Waals surface area contributed by atoms with E-state index < -0.39 is 0 Å². The number of hydrogen-bond donors (Lipinski definition) is 0. The maximum absolute atomic E-state index is 8.88. The molecule has 0 unspecified atom stereocenters. The quantitative estimate of drug-likeness (QED) is 0.827. The second-order valence-corrected chi connectivity index (χ2v) is 3.63. The molecule has 0 amide bonds. The number of aromatic nitrogens is 1. The number of ether oxygens (including phenoxy) is 2. The Morgan fingerprint density at radius 2 is 1.94 bits per heavy atom. The van der Waals surface area contributed by atoms with Crippen LogP contribution < -0.4 is 9.47 Å². The molecular formula is C14H12N2O2. The molecule has 1 aromatic heterocycles. The summed E-state index contributed by atoms with van der Waals surface area (Å²) in [6, 6.07) is 11.3. The lowest BCUT2D eigenvalue weighted by Crippen LogP contribution is -1.94. The van der Waals surface area contributed by atoms with E-state index in [0.29, 0.717) is 17.2 Å². The van der Waals surface area contributed by atoms with Gasteiger partial charge in [0.15, 0.2) is 5.75 Å². The average molecular weight is 240 g/mol. The van der Waals surface area contributed by atoms with E-state index in [1.54, 1.807) is 26.5 Å². The van der Waals surface area contributed by atoms with Crippen molar-refractivity contribution in [3.05, 3.63) is 42.1 Å². The first-order valence-corrected chi connectivity index (χ1v) is 5.37. The van der Waals surface area contributed by atoms with Crippen molar-refractivity contribution < 1.29 is 9.47 Å². The molecule has 0 spiro atoms. The second-order valence-electron chi connectivity index (χ2n) is 3.63. The van der Waals surface area contributed by atoms with E-state index in [1.165, 1.54) is 0 Å². The number of benzene rings is 1. The van der Waals surface area contributed by atoms with E-state index in [0.717, 1.165) is 11.1 Å². The average Bonchev–Trinajstić information content (AvgIpc) is 2.46. The van der Waals surface area contributed by atoms with E-state index in [-0.39, 0.29) is 0 Å². The maximum Gasteiger partial charge on any atom is 0.256 e.